The van der Waals surface area contributed by atoms with Gasteiger partial charge in [0, 0.05) is 19.0 Å². The Labute approximate surface area is 127 Å². The first-order valence-electron chi connectivity index (χ1n) is 7.38. The average molecular weight is 293 g/mol. The maximum atomic E-state index is 12.7. The van der Waals surface area contributed by atoms with Crippen molar-refractivity contribution in [1.29, 1.82) is 0 Å². The molecule has 6 nitrogen and oxygen atoms in total. The first-order valence-corrected chi connectivity index (χ1v) is 7.38. The number of anilines is 1. The lowest BCUT2D eigenvalue weighted by Crippen LogP contribution is -2.37. The zero-order valence-electron chi connectivity index (χ0n) is 13.8. The number of hydrogen-bond acceptors (Lipinski definition) is 5. The highest BCUT2D eigenvalue weighted by atomic mass is 16.2. The molecule has 1 unspecified atom stereocenters. The number of nitrogens with two attached hydrogens (primary N) is 1. The van der Waals surface area contributed by atoms with Crippen LogP contribution in [0.15, 0.2) is 6.20 Å². The van der Waals surface area contributed by atoms with E-state index in [4.69, 9.17) is 5.84 Å². The Bertz CT molecular complexity index is 487. The largest absolute Gasteiger partial charge is 0.338 e. The van der Waals surface area contributed by atoms with E-state index >= 15 is 0 Å². The molecule has 1 aromatic heterocycles. The van der Waals surface area contributed by atoms with Gasteiger partial charge in [0.1, 0.15) is 5.82 Å². The van der Waals surface area contributed by atoms with E-state index in [1.165, 1.54) is 0 Å². The fraction of sp³-hybridized carbons (Fsp3) is 0.667. The SMILES string of the molecule is CC(C)CC(C)N(C)C(=O)c1nc(C(C)C)ncc1NN. The summed E-state index contributed by atoms with van der Waals surface area (Å²) in [6, 6.07) is 0.139. The van der Waals surface area contributed by atoms with Crippen LogP contribution in [0.4, 0.5) is 5.69 Å². The topological polar surface area (TPSA) is 84.1 Å². The summed E-state index contributed by atoms with van der Waals surface area (Å²) in [5.41, 5.74) is 3.28. The van der Waals surface area contributed by atoms with E-state index in [-0.39, 0.29) is 17.9 Å². The van der Waals surface area contributed by atoms with Crippen LogP contribution in [-0.2, 0) is 0 Å². The van der Waals surface area contributed by atoms with Crippen LogP contribution in [0.3, 0.4) is 0 Å². The second-order valence-corrected chi connectivity index (χ2v) is 6.18. The summed E-state index contributed by atoms with van der Waals surface area (Å²) < 4.78 is 0. The summed E-state index contributed by atoms with van der Waals surface area (Å²) in [5, 5.41) is 0. The van der Waals surface area contributed by atoms with Crippen molar-refractivity contribution in [2.45, 2.75) is 53.0 Å². The van der Waals surface area contributed by atoms with Gasteiger partial charge in [-0.15, -0.1) is 0 Å². The standard InChI is InChI=1S/C15H27N5O/c1-9(2)7-11(5)20(6)15(21)13-12(19-16)8-17-14(18-13)10(3)4/h8-11,19H,7,16H2,1-6H3. The third kappa shape index (κ3) is 4.39. The number of rotatable bonds is 6. The number of carbonyl (C=O) groups excluding carboxylic acids is 1. The van der Waals surface area contributed by atoms with Crippen LogP contribution >= 0.6 is 0 Å². The fourth-order valence-electron chi connectivity index (χ4n) is 2.15. The number of amides is 1. The smallest absolute Gasteiger partial charge is 0.274 e. The van der Waals surface area contributed by atoms with E-state index in [9.17, 15) is 4.79 Å². The zero-order valence-corrected chi connectivity index (χ0v) is 13.8. The average Bonchev–Trinajstić information content (AvgIpc) is 2.44. The van der Waals surface area contributed by atoms with Gasteiger partial charge >= 0.3 is 0 Å². The predicted octanol–water partition coefficient (Wildman–Crippen LogP) is 2.39. The maximum Gasteiger partial charge on any atom is 0.274 e. The van der Waals surface area contributed by atoms with Gasteiger partial charge in [0.2, 0.25) is 0 Å². The second kappa shape index (κ2) is 7.36. The number of carbonyl (C=O) groups is 1. The third-order valence-electron chi connectivity index (χ3n) is 3.48. The monoisotopic (exact) mass is 293 g/mol. The van der Waals surface area contributed by atoms with E-state index in [2.05, 4.69) is 29.2 Å². The summed E-state index contributed by atoms with van der Waals surface area (Å²) in [4.78, 5) is 23.0. The molecule has 1 heterocycles. The van der Waals surface area contributed by atoms with Crippen LogP contribution in [0.1, 0.15) is 63.3 Å². The summed E-state index contributed by atoms with van der Waals surface area (Å²) in [6.45, 7) is 10.3. The molecule has 0 aliphatic heterocycles. The normalized spacial score (nSPS) is 12.6. The Morgan fingerprint density at radius 3 is 2.43 bits per heavy atom. The number of nitrogens with one attached hydrogen (secondary N) is 1. The Morgan fingerprint density at radius 2 is 1.95 bits per heavy atom. The van der Waals surface area contributed by atoms with Crippen molar-refractivity contribution in [3.05, 3.63) is 17.7 Å². The van der Waals surface area contributed by atoms with E-state index in [1.807, 2.05) is 20.8 Å². The minimum Gasteiger partial charge on any atom is -0.338 e. The van der Waals surface area contributed by atoms with Gasteiger partial charge in [0.05, 0.1) is 11.9 Å². The van der Waals surface area contributed by atoms with Crippen molar-refractivity contribution < 1.29 is 4.79 Å². The number of nitrogen functional groups attached to an aromatic ring is 1. The number of hydrogen-bond donors (Lipinski definition) is 2. The van der Waals surface area contributed by atoms with E-state index < -0.39 is 0 Å². The first-order chi connectivity index (χ1) is 9.77. The van der Waals surface area contributed by atoms with Crippen molar-refractivity contribution in [3.63, 3.8) is 0 Å². The van der Waals surface area contributed by atoms with Gasteiger partial charge in [0.15, 0.2) is 5.69 Å². The number of aromatic nitrogens is 2. The van der Waals surface area contributed by atoms with E-state index in [1.54, 1.807) is 18.1 Å². The lowest BCUT2D eigenvalue weighted by Gasteiger charge is -2.26. The molecule has 0 bridgehead atoms. The molecular formula is C15H27N5O. The molecule has 0 fully saturated rings. The molecule has 0 spiro atoms. The van der Waals surface area contributed by atoms with Crippen LogP contribution in [0.5, 0.6) is 0 Å². The molecule has 0 aromatic carbocycles. The highest BCUT2D eigenvalue weighted by Gasteiger charge is 2.23. The van der Waals surface area contributed by atoms with Crippen molar-refractivity contribution in [2.24, 2.45) is 11.8 Å². The molecule has 0 saturated carbocycles. The molecule has 3 N–H and O–H groups in total. The molecule has 0 aliphatic rings. The minimum atomic E-state index is -0.139. The van der Waals surface area contributed by atoms with Crippen LogP contribution in [0.2, 0.25) is 0 Å². The summed E-state index contributed by atoms with van der Waals surface area (Å²) in [6.07, 6.45) is 2.51. The maximum absolute atomic E-state index is 12.7. The van der Waals surface area contributed by atoms with Crippen LogP contribution in [0, 0.1) is 5.92 Å². The summed E-state index contributed by atoms with van der Waals surface area (Å²) in [5.74, 6) is 6.65. The number of hydrazine groups is 1. The summed E-state index contributed by atoms with van der Waals surface area (Å²) in [7, 11) is 1.80. The molecule has 118 valence electrons. The summed E-state index contributed by atoms with van der Waals surface area (Å²) >= 11 is 0. The molecule has 0 radical (unpaired) electrons. The Hall–Kier alpha value is -1.69. The third-order valence-corrected chi connectivity index (χ3v) is 3.48. The van der Waals surface area contributed by atoms with E-state index in [0.29, 0.717) is 23.1 Å². The van der Waals surface area contributed by atoms with E-state index in [0.717, 1.165) is 6.42 Å². The molecule has 21 heavy (non-hydrogen) atoms. The van der Waals surface area contributed by atoms with Crippen molar-refractivity contribution >= 4 is 11.6 Å². The van der Waals surface area contributed by atoms with Crippen LogP contribution < -0.4 is 11.3 Å². The molecular weight excluding hydrogens is 266 g/mol. The Balaban J connectivity index is 3.07. The Morgan fingerprint density at radius 1 is 1.33 bits per heavy atom. The van der Waals surface area contributed by atoms with Gasteiger partial charge in [0.25, 0.3) is 5.91 Å². The Kier molecular flexibility index (Phi) is 6.08. The highest BCUT2D eigenvalue weighted by molar-refractivity contribution is 5.97. The first kappa shape index (κ1) is 17.4. The van der Waals surface area contributed by atoms with Crippen LogP contribution in [0.25, 0.3) is 0 Å². The van der Waals surface area contributed by atoms with Crippen molar-refractivity contribution in [3.8, 4) is 0 Å². The van der Waals surface area contributed by atoms with Gasteiger partial charge in [-0.2, -0.15) is 0 Å². The van der Waals surface area contributed by atoms with Crippen molar-refractivity contribution in [2.75, 3.05) is 12.5 Å². The van der Waals surface area contributed by atoms with Gasteiger partial charge in [-0.1, -0.05) is 27.7 Å². The number of nitrogens with zero attached hydrogens (tertiary/aromatic N) is 3. The molecule has 0 aliphatic carbocycles. The molecule has 1 atom stereocenters. The molecule has 1 aromatic rings. The van der Waals surface area contributed by atoms with Gasteiger partial charge in [-0.3, -0.25) is 10.6 Å². The van der Waals surface area contributed by atoms with Gasteiger partial charge < -0.3 is 10.3 Å². The lowest BCUT2D eigenvalue weighted by atomic mass is 10.0. The molecule has 6 heteroatoms. The van der Waals surface area contributed by atoms with Gasteiger partial charge in [-0.25, -0.2) is 9.97 Å². The zero-order chi connectivity index (χ0) is 16.2. The predicted molar refractivity (Wildman–Crippen MR) is 84.9 cm³/mol. The van der Waals surface area contributed by atoms with Crippen LogP contribution in [-0.4, -0.2) is 33.9 Å². The second-order valence-electron chi connectivity index (χ2n) is 6.18. The molecule has 0 saturated heterocycles. The minimum absolute atomic E-state index is 0.139. The molecule has 1 amide bonds. The van der Waals surface area contributed by atoms with Gasteiger partial charge in [-0.05, 0) is 19.3 Å². The highest BCUT2D eigenvalue weighted by Crippen LogP contribution is 2.19. The molecule has 1 rings (SSSR count). The fourth-order valence-corrected chi connectivity index (χ4v) is 2.15. The van der Waals surface area contributed by atoms with Crippen molar-refractivity contribution in [1.82, 2.24) is 14.9 Å². The quantitative estimate of drug-likeness (QED) is 0.621. The lowest BCUT2D eigenvalue weighted by molar-refractivity contribution is 0.0722.